The van der Waals surface area contributed by atoms with Gasteiger partial charge in [0.2, 0.25) is 5.88 Å². The number of rotatable bonds is 5. The predicted octanol–water partition coefficient (Wildman–Crippen LogP) is 5.10. The van der Waals surface area contributed by atoms with Crippen molar-refractivity contribution in [1.29, 1.82) is 0 Å². The van der Waals surface area contributed by atoms with Crippen LogP contribution in [0.1, 0.15) is 68.5 Å². The van der Waals surface area contributed by atoms with Crippen LogP contribution < -0.4 is 4.74 Å². The van der Waals surface area contributed by atoms with Gasteiger partial charge in [0.05, 0.1) is 18.0 Å². The van der Waals surface area contributed by atoms with Gasteiger partial charge in [0, 0.05) is 23.5 Å². The van der Waals surface area contributed by atoms with E-state index in [1.54, 1.807) is 0 Å². The molecule has 1 aliphatic heterocycles. The molecule has 0 amide bonds. The molecule has 6 heteroatoms. The van der Waals surface area contributed by atoms with Gasteiger partial charge < -0.3 is 4.74 Å². The zero-order chi connectivity index (χ0) is 19.5. The number of aromatic nitrogens is 2. The Bertz CT molecular complexity index is 933. The van der Waals surface area contributed by atoms with Crippen LogP contribution in [0.3, 0.4) is 0 Å². The van der Waals surface area contributed by atoms with E-state index in [2.05, 4.69) is 40.3 Å². The molecule has 0 N–H and O–H groups in total. The van der Waals surface area contributed by atoms with E-state index in [1.807, 2.05) is 19.2 Å². The third kappa shape index (κ3) is 3.55. The highest BCUT2D eigenvalue weighted by molar-refractivity contribution is 6.09. The lowest BCUT2D eigenvalue weighted by molar-refractivity contribution is 0.327. The molecule has 0 aromatic carbocycles. The molecule has 4 rings (SSSR count). The minimum absolute atomic E-state index is 0.291. The van der Waals surface area contributed by atoms with Gasteiger partial charge in [0.15, 0.2) is 0 Å². The molecule has 0 bridgehead atoms. The zero-order valence-electron chi connectivity index (χ0n) is 16.9. The van der Waals surface area contributed by atoms with Crippen molar-refractivity contribution < 1.29 is 4.74 Å². The number of hydrogen-bond acceptors (Lipinski definition) is 6. The number of hydrogen-bond donors (Lipinski definition) is 0. The fraction of sp³-hybridized carbons (Fsp3) is 0.500. The van der Waals surface area contributed by atoms with Crippen molar-refractivity contribution >= 4 is 5.71 Å². The molecule has 0 fully saturated rings. The summed E-state index contributed by atoms with van der Waals surface area (Å²) in [6.45, 7) is 7.48. The van der Waals surface area contributed by atoms with Crippen LogP contribution in [0.5, 0.6) is 5.88 Å². The SMILES string of the molecule is CCOc1cc(-c2c3c(nc(C(C)C)c2C2=NN=NC2)CCCCC3)ccn1. The molecule has 0 radical (unpaired) electrons. The van der Waals surface area contributed by atoms with Crippen LogP contribution in [0, 0.1) is 0 Å². The molecule has 2 aromatic heterocycles. The Morgan fingerprint density at radius 2 is 1.96 bits per heavy atom. The lowest BCUT2D eigenvalue weighted by Gasteiger charge is -2.22. The average Bonchev–Trinajstić information content (AvgIpc) is 3.12. The van der Waals surface area contributed by atoms with Crippen molar-refractivity contribution in [3.8, 4) is 17.0 Å². The highest BCUT2D eigenvalue weighted by atomic mass is 16.5. The fourth-order valence-electron chi connectivity index (χ4n) is 4.10. The largest absolute Gasteiger partial charge is 0.478 e. The van der Waals surface area contributed by atoms with Crippen LogP contribution in [0.15, 0.2) is 33.8 Å². The Hall–Kier alpha value is -2.63. The maximum Gasteiger partial charge on any atom is 0.213 e. The van der Waals surface area contributed by atoms with E-state index in [4.69, 9.17) is 9.72 Å². The highest BCUT2D eigenvalue weighted by Gasteiger charge is 2.27. The predicted molar refractivity (Wildman–Crippen MR) is 110 cm³/mol. The van der Waals surface area contributed by atoms with Crippen LogP contribution in [0.25, 0.3) is 11.1 Å². The second-order valence-electron chi connectivity index (χ2n) is 7.64. The Labute approximate surface area is 166 Å². The van der Waals surface area contributed by atoms with Gasteiger partial charge in [0.1, 0.15) is 6.54 Å². The average molecular weight is 377 g/mol. The van der Waals surface area contributed by atoms with Crippen molar-refractivity contribution in [1.82, 2.24) is 9.97 Å². The minimum atomic E-state index is 0.291. The van der Waals surface area contributed by atoms with Crippen LogP contribution in [-0.2, 0) is 12.8 Å². The number of nitrogens with zero attached hydrogens (tertiary/aromatic N) is 5. The Balaban J connectivity index is 2.00. The van der Waals surface area contributed by atoms with Gasteiger partial charge in [-0.2, -0.15) is 5.11 Å². The lowest BCUT2D eigenvalue weighted by atomic mass is 9.86. The molecule has 2 aliphatic rings. The molecule has 0 saturated carbocycles. The normalized spacial score (nSPS) is 16.1. The molecule has 0 spiro atoms. The van der Waals surface area contributed by atoms with Crippen molar-refractivity contribution in [2.45, 2.75) is 58.8 Å². The minimum Gasteiger partial charge on any atom is -0.478 e. The van der Waals surface area contributed by atoms with E-state index in [0.29, 0.717) is 24.9 Å². The third-order valence-electron chi connectivity index (χ3n) is 5.35. The van der Waals surface area contributed by atoms with Crippen molar-refractivity contribution in [2.24, 2.45) is 15.4 Å². The summed E-state index contributed by atoms with van der Waals surface area (Å²) in [5.41, 5.74) is 8.04. The number of aryl methyl sites for hydroxylation is 1. The molecule has 3 heterocycles. The first-order valence-electron chi connectivity index (χ1n) is 10.3. The Morgan fingerprint density at radius 1 is 1.11 bits per heavy atom. The van der Waals surface area contributed by atoms with E-state index in [9.17, 15) is 0 Å². The standard InChI is InChI=1S/C22H27N5O/c1-4-28-19-12-15(10-11-23-19)20-16-8-6-5-7-9-17(16)25-22(14(2)3)21(20)18-13-24-27-26-18/h10-12,14H,4-9,13H2,1-3H3. The molecular weight excluding hydrogens is 350 g/mol. The first-order valence-corrected chi connectivity index (χ1v) is 10.3. The van der Waals surface area contributed by atoms with E-state index in [-0.39, 0.29) is 0 Å². The van der Waals surface area contributed by atoms with Gasteiger partial charge in [-0.05, 0) is 66.5 Å². The first kappa shape index (κ1) is 18.7. The van der Waals surface area contributed by atoms with Crippen LogP contribution in [0.4, 0.5) is 0 Å². The van der Waals surface area contributed by atoms with Gasteiger partial charge >= 0.3 is 0 Å². The summed E-state index contributed by atoms with van der Waals surface area (Å²) in [5, 5.41) is 12.4. The summed E-state index contributed by atoms with van der Waals surface area (Å²) < 4.78 is 5.69. The number of pyridine rings is 2. The summed E-state index contributed by atoms with van der Waals surface area (Å²) in [5.74, 6) is 0.942. The summed E-state index contributed by atoms with van der Waals surface area (Å²) in [4.78, 5) is 9.52. The number of ether oxygens (including phenoxy) is 1. The van der Waals surface area contributed by atoms with E-state index >= 15 is 0 Å². The summed E-state index contributed by atoms with van der Waals surface area (Å²) >= 11 is 0. The maximum absolute atomic E-state index is 5.69. The quantitative estimate of drug-likeness (QED) is 0.680. The molecule has 0 saturated heterocycles. The van der Waals surface area contributed by atoms with Crippen LogP contribution in [0.2, 0.25) is 0 Å². The van der Waals surface area contributed by atoms with Gasteiger partial charge in [-0.25, -0.2) is 4.98 Å². The van der Waals surface area contributed by atoms with Gasteiger partial charge in [0.25, 0.3) is 0 Å². The second-order valence-corrected chi connectivity index (χ2v) is 7.64. The van der Waals surface area contributed by atoms with E-state index < -0.39 is 0 Å². The monoisotopic (exact) mass is 377 g/mol. The van der Waals surface area contributed by atoms with Crippen molar-refractivity contribution in [3.05, 3.63) is 40.8 Å². The van der Waals surface area contributed by atoms with E-state index in [0.717, 1.165) is 35.4 Å². The topological polar surface area (TPSA) is 72.1 Å². The second kappa shape index (κ2) is 8.17. The summed E-state index contributed by atoms with van der Waals surface area (Å²) in [6.07, 6.45) is 7.53. The summed E-state index contributed by atoms with van der Waals surface area (Å²) in [6, 6.07) is 4.11. The molecule has 0 atom stereocenters. The Morgan fingerprint density at radius 3 is 2.71 bits per heavy atom. The third-order valence-corrected chi connectivity index (χ3v) is 5.35. The lowest BCUT2D eigenvalue weighted by Crippen LogP contribution is -2.16. The Kier molecular flexibility index (Phi) is 5.46. The van der Waals surface area contributed by atoms with E-state index in [1.165, 1.54) is 36.1 Å². The highest BCUT2D eigenvalue weighted by Crippen LogP contribution is 2.38. The van der Waals surface area contributed by atoms with Crippen molar-refractivity contribution in [3.63, 3.8) is 0 Å². The zero-order valence-corrected chi connectivity index (χ0v) is 16.9. The van der Waals surface area contributed by atoms with Gasteiger partial charge in [-0.15, -0.1) is 5.10 Å². The van der Waals surface area contributed by atoms with Crippen LogP contribution in [-0.4, -0.2) is 28.8 Å². The summed E-state index contributed by atoms with van der Waals surface area (Å²) in [7, 11) is 0. The maximum atomic E-state index is 5.69. The van der Waals surface area contributed by atoms with Crippen molar-refractivity contribution in [2.75, 3.05) is 13.2 Å². The smallest absolute Gasteiger partial charge is 0.213 e. The molecule has 6 nitrogen and oxygen atoms in total. The molecule has 146 valence electrons. The molecule has 0 unspecified atom stereocenters. The fourth-order valence-corrected chi connectivity index (χ4v) is 4.10. The molecule has 1 aliphatic carbocycles. The van der Waals surface area contributed by atoms with Crippen LogP contribution >= 0.6 is 0 Å². The molecular formula is C22H27N5O. The number of fused-ring (bicyclic) bond motifs is 1. The molecule has 2 aromatic rings. The van der Waals surface area contributed by atoms with Gasteiger partial charge in [-0.1, -0.05) is 20.3 Å². The molecule has 28 heavy (non-hydrogen) atoms. The first-order chi connectivity index (χ1) is 13.7. The van der Waals surface area contributed by atoms with Gasteiger partial charge in [-0.3, -0.25) is 4.98 Å².